The number of benzene rings is 3. The summed E-state index contributed by atoms with van der Waals surface area (Å²) in [5.74, 6) is -1.24. The summed E-state index contributed by atoms with van der Waals surface area (Å²) in [6.07, 6.45) is -4.67. The van der Waals surface area contributed by atoms with E-state index >= 15 is 0 Å². The van der Waals surface area contributed by atoms with Crippen molar-refractivity contribution in [1.29, 1.82) is 0 Å². The van der Waals surface area contributed by atoms with Gasteiger partial charge in [-0.3, -0.25) is 9.59 Å². The van der Waals surface area contributed by atoms with Crippen molar-refractivity contribution in [3.63, 3.8) is 0 Å². The number of carbonyl (C=O) groups excluding carboxylic acids is 2. The normalized spacial score (nSPS) is 14.3. The van der Waals surface area contributed by atoms with Gasteiger partial charge in [0, 0.05) is 10.6 Å². The van der Waals surface area contributed by atoms with Crippen LogP contribution < -0.4 is 10.2 Å². The monoisotopic (exact) mass is 516 g/mol. The molecule has 0 radical (unpaired) electrons. The molecule has 3 aromatic rings. The molecule has 3 aromatic carbocycles. The molecule has 9 heteroatoms. The van der Waals surface area contributed by atoms with Crippen LogP contribution in [0.5, 0.6) is 0 Å². The predicted octanol–water partition coefficient (Wildman–Crippen LogP) is 7.47. The summed E-state index contributed by atoms with van der Waals surface area (Å²) in [7, 11) is 0. The first-order chi connectivity index (χ1) is 16.6. The Balaban J connectivity index is 1.76. The van der Waals surface area contributed by atoms with Gasteiger partial charge < -0.3 is 5.32 Å². The number of carbonyl (C=O) groups is 2. The minimum absolute atomic E-state index is 0.0328. The second kappa shape index (κ2) is 9.79. The minimum Gasteiger partial charge on any atom is -0.350 e. The van der Waals surface area contributed by atoms with Gasteiger partial charge in [0.2, 0.25) is 0 Å². The molecule has 1 aliphatic heterocycles. The fourth-order valence-electron chi connectivity index (χ4n) is 3.50. The minimum atomic E-state index is -4.67. The molecular formula is C26H20ClF3N2O2S. The molecule has 0 atom stereocenters. The van der Waals surface area contributed by atoms with Gasteiger partial charge in [-0.25, -0.2) is 4.90 Å². The van der Waals surface area contributed by atoms with E-state index in [1.807, 2.05) is 18.2 Å². The lowest BCUT2D eigenvalue weighted by molar-refractivity contribution is -0.137. The summed E-state index contributed by atoms with van der Waals surface area (Å²) in [6.45, 7) is 4.10. The zero-order chi connectivity index (χ0) is 25.3. The second-order valence-corrected chi connectivity index (χ2v) is 9.62. The summed E-state index contributed by atoms with van der Waals surface area (Å²) in [5, 5.41) is 2.86. The van der Waals surface area contributed by atoms with E-state index in [0.717, 1.165) is 29.5 Å². The van der Waals surface area contributed by atoms with E-state index in [1.54, 1.807) is 36.4 Å². The molecule has 0 unspecified atom stereocenters. The highest BCUT2D eigenvalue weighted by atomic mass is 35.5. The summed E-state index contributed by atoms with van der Waals surface area (Å²) in [6, 6.07) is 18.8. The first-order valence-corrected chi connectivity index (χ1v) is 11.9. The molecule has 4 nitrogen and oxygen atoms in total. The van der Waals surface area contributed by atoms with Crippen molar-refractivity contribution < 1.29 is 22.8 Å². The number of anilines is 2. The molecule has 0 spiro atoms. The number of nitrogens with zero attached hydrogens (tertiary/aromatic N) is 1. The van der Waals surface area contributed by atoms with Crippen LogP contribution >= 0.6 is 23.4 Å². The van der Waals surface area contributed by atoms with Crippen molar-refractivity contribution in [1.82, 2.24) is 0 Å². The molecule has 0 saturated heterocycles. The number of amides is 2. The second-order valence-electron chi connectivity index (χ2n) is 8.13. The van der Waals surface area contributed by atoms with Crippen LogP contribution in [0, 0.1) is 0 Å². The van der Waals surface area contributed by atoms with E-state index in [0.29, 0.717) is 27.5 Å². The van der Waals surface area contributed by atoms with Gasteiger partial charge in [0.15, 0.2) is 0 Å². The molecule has 1 aliphatic rings. The number of thioether (sulfide) groups is 1. The maximum absolute atomic E-state index is 13.4. The fourth-order valence-corrected chi connectivity index (χ4v) is 4.65. The average molecular weight is 517 g/mol. The third-order valence-corrected chi connectivity index (χ3v) is 6.78. The standard InChI is InChI=1S/C26H20ClF3N2O2S/c1-15(2)16-8-11-18(12-9-16)31-22-23(35-19-6-4-3-5-7-19)25(34)32(24(22)33)21-14-17(26(28,29)30)10-13-20(21)27/h3-15,31H,1-2H3. The van der Waals surface area contributed by atoms with Crippen molar-refractivity contribution in [2.45, 2.75) is 30.8 Å². The average Bonchev–Trinajstić information content (AvgIpc) is 3.03. The van der Waals surface area contributed by atoms with Crippen LogP contribution in [0.2, 0.25) is 5.02 Å². The molecule has 0 aromatic heterocycles. The van der Waals surface area contributed by atoms with Crippen molar-refractivity contribution in [2.75, 3.05) is 10.2 Å². The van der Waals surface area contributed by atoms with Crippen LogP contribution in [0.4, 0.5) is 24.5 Å². The predicted molar refractivity (Wildman–Crippen MR) is 132 cm³/mol. The zero-order valence-corrected chi connectivity index (χ0v) is 20.3. The quantitative estimate of drug-likeness (QED) is 0.345. The SMILES string of the molecule is CC(C)c1ccc(NC2=C(Sc3ccccc3)C(=O)N(c3cc(C(F)(F)F)ccc3Cl)C2=O)cc1. The molecule has 4 rings (SSSR count). The summed E-state index contributed by atoms with van der Waals surface area (Å²) in [5.41, 5.74) is 0.285. The van der Waals surface area contributed by atoms with Gasteiger partial charge >= 0.3 is 6.18 Å². The smallest absolute Gasteiger partial charge is 0.350 e. The van der Waals surface area contributed by atoms with Gasteiger partial charge in [0.1, 0.15) is 10.6 Å². The van der Waals surface area contributed by atoms with Crippen molar-refractivity contribution in [3.05, 3.63) is 99.5 Å². The maximum atomic E-state index is 13.4. The van der Waals surface area contributed by atoms with E-state index in [2.05, 4.69) is 19.2 Å². The van der Waals surface area contributed by atoms with Crippen molar-refractivity contribution >= 4 is 46.6 Å². The zero-order valence-electron chi connectivity index (χ0n) is 18.7. The van der Waals surface area contributed by atoms with Gasteiger partial charge in [-0.15, -0.1) is 0 Å². The molecule has 0 fully saturated rings. The third kappa shape index (κ3) is 5.23. The molecule has 2 amide bonds. The van der Waals surface area contributed by atoms with Gasteiger partial charge in [0.25, 0.3) is 11.8 Å². The van der Waals surface area contributed by atoms with Crippen LogP contribution in [0.1, 0.15) is 30.9 Å². The van der Waals surface area contributed by atoms with Crippen molar-refractivity contribution in [2.24, 2.45) is 0 Å². The van der Waals surface area contributed by atoms with Gasteiger partial charge in [-0.1, -0.05) is 67.5 Å². The first-order valence-electron chi connectivity index (χ1n) is 10.7. The molecule has 1 heterocycles. The number of imide groups is 1. The fraction of sp³-hybridized carbons (Fsp3) is 0.154. The summed E-state index contributed by atoms with van der Waals surface area (Å²) in [4.78, 5) is 28.3. The highest BCUT2D eigenvalue weighted by Gasteiger charge is 2.42. The molecule has 0 saturated carbocycles. The van der Waals surface area contributed by atoms with E-state index in [-0.39, 0.29) is 21.3 Å². The largest absolute Gasteiger partial charge is 0.416 e. The number of alkyl halides is 3. The topological polar surface area (TPSA) is 49.4 Å². The van der Waals surface area contributed by atoms with Crippen molar-refractivity contribution in [3.8, 4) is 0 Å². The van der Waals surface area contributed by atoms with E-state index in [1.165, 1.54) is 0 Å². The Hall–Kier alpha value is -3.23. The molecule has 0 aliphatic carbocycles. The van der Waals surface area contributed by atoms with Gasteiger partial charge in [-0.05, 0) is 53.9 Å². The first kappa shape index (κ1) is 24.9. The Kier molecular flexibility index (Phi) is 6.96. The lowest BCUT2D eigenvalue weighted by Gasteiger charge is -2.18. The van der Waals surface area contributed by atoms with Crippen LogP contribution in [-0.2, 0) is 15.8 Å². The number of halogens is 4. The lowest BCUT2D eigenvalue weighted by atomic mass is 10.0. The number of rotatable bonds is 6. The molecule has 35 heavy (non-hydrogen) atoms. The third-order valence-electron chi connectivity index (χ3n) is 5.37. The number of nitrogens with one attached hydrogen (secondary N) is 1. The highest BCUT2D eigenvalue weighted by molar-refractivity contribution is 8.04. The Morgan fingerprint density at radius 2 is 1.57 bits per heavy atom. The van der Waals surface area contributed by atoms with E-state index in [4.69, 9.17) is 11.6 Å². The maximum Gasteiger partial charge on any atom is 0.416 e. The molecule has 180 valence electrons. The van der Waals surface area contributed by atoms with Crippen LogP contribution in [0.3, 0.4) is 0 Å². The van der Waals surface area contributed by atoms with Gasteiger partial charge in [-0.2, -0.15) is 13.2 Å². The van der Waals surface area contributed by atoms with E-state index in [9.17, 15) is 22.8 Å². The summed E-state index contributed by atoms with van der Waals surface area (Å²) >= 11 is 7.21. The Bertz CT molecular complexity index is 1310. The lowest BCUT2D eigenvalue weighted by Crippen LogP contribution is -2.33. The van der Waals surface area contributed by atoms with Crippen LogP contribution in [0.25, 0.3) is 0 Å². The Morgan fingerprint density at radius 1 is 0.914 bits per heavy atom. The van der Waals surface area contributed by atoms with Crippen LogP contribution in [-0.4, -0.2) is 11.8 Å². The Labute approximate surface area is 209 Å². The number of hydrogen-bond acceptors (Lipinski definition) is 4. The summed E-state index contributed by atoms with van der Waals surface area (Å²) < 4.78 is 40.0. The number of hydrogen-bond donors (Lipinski definition) is 1. The molecule has 1 N–H and O–H groups in total. The Morgan fingerprint density at radius 3 is 2.17 bits per heavy atom. The molecule has 0 bridgehead atoms. The molecular weight excluding hydrogens is 497 g/mol. The van der Waals surface area contributed by atoms with Gasteiger partial charge in [0.05, 0.1) is 16.3 Å². The highest BCUT2D eigenvalue weighted by Crippen LogP contribution is 2.41. The van der Waals surface area contributed by atoms with E-state index < -0.39 is 23.6 Å². The van der Waals surface area contributed by atoms with Crippen LogP contribution in [0.15, 0.2) is 88.3 Å².